The van der Waals surface area contributed by atoms with Crippen LogP contribution in [-0.4, -0.2) is 43.2 Å². The Hall–Kier alpha value is -2.78. The van der Waals surface area contributed by atoms with Gasteiger partial charge in [-0.05, 0) is 17.7 Å². The molecule has 0 aliphatic carbocycles. The van der Waals surface area contributed by atoms with E-state index >= 15 is 0 Å². The highest BCUT2D eigenvalue weighted by molar-refractivity contribution is 7.98. The topological polar surface area (TPSA) is 117 Å². The van der Waals surface area contributed by atoms with E-state index in [1.54, 1.807) is 12.1 Å². The molecular formula is C16H13ClN4O4S. The monoisotopic (exact) mass is 392 g/mol. The van der Waals surface area contributed by atoms with Gasteiger partial charge >= 0.3 is 5.97 Å². The molecule has 3 aromatic rings. The van der Waals surface area contributed by atoms with Gasteiger partial charge in [0.2, 0.25) is 0 Å². The standard InChI is InChI=1S/C16H13ClN4O4S/c17-10-3-1-9(2-4-10)7-26-12-5-11(22)14(15-19-8-20-21(12)15)16(25)18-6-13(23)24/h1-5,8,22H,6-7H2,(H,18,25)(H,23,24). The number of nitrogens with zero attached hydrogens (tertiary/aromatic N) is 3. The number of carbonyl (C=O) groups excluding carboxylic acids is 1. The van der Waals surface area contributed by atoms with Gasteiger partial charge in [-0.1, -0.05) is 23.7 Å². The fraction of sp³-hybridized carbons (Fsp3) is 0.125. The molecule has 3 rings (SSSR count). The Kier molecular flexibility index (Phi) is 5.29. The van der Waals surface area contributed by atoms with Crippen LogP contribution >= 0.6 is 23.4 Å². The fourth-order valence-electron chi connectivity index (χ4n) is 2.24. The Morgan fingerprint density at radius 1 is 1.27 bits per heavy atom. The minimum Gasteiger partial charge on any atom is -0.507 e. The van der Waals surface area contributed by atoms with E-state index in [4.69, 9.17) is 16.7 Å². The lowest BCUT2D eigenvalue weighted by molar-refractivity contribution is -0.135. The van der Waals surface area contributed by atoms with Crippen molar-refractivity contribution in [2.75, 3.05) is 6.54 Å². The lowest BCUT2D eigenvalue weighted by atomic mass is 10.2. The number of thioether (sulfide) groups is 1. The van der Waals surface area contributed by atoms with Crippen molar-refractivity contribution in [1.82, 2.24) is 19.9 Å². The highest BCUT2D eigenvalue weighted by atomic mass is 35.5. The predicted octanol–water partition coefficient (Wildman–Crippen LogP) is 2.19. The quantitative estimate of drug-likeness (QED) is 0.550. The number of aromatic nitrogens is 3. The van der Waals surface area contributed by atoms with Crippen LogP contribution in [0.5, 0.6) is 5.75 Å². The first-order chi connectivity index (χ1) is 12.5. The minimum atomic E-state index is -1.19. The van der Waals surface area contributed by atoms with Crippen LogP contribution in [-0.2, 0) is 10.5 Å². The number of aliphatic carboxylic acids is 1. The van der Waals surface area contributed by atoms with Gasteiger partial charge in [-0.15, -0.1) is 11.8 Å². The maximum Gasteiger partial charge on any atom is 0.322 e. The van der Waals surface area contributed by atoms with Crippen molar-refractivity contribution in [2.24, 2.45) is 0 Å². The average Bonchev–Trinajstić information content (AvgIpc) is 3.08. The largest absolute Gasteiger partial charge is 0.507 e. The summed E-state index contributed by atoms with van der Waals surface area (Å²) in [4.78, 5) is 26.8. The number of nitrogens with one attached hydrogen (secondary N) is 1. The van der Waals surface area contributed by atoms with Gasteiger partial charge in [-0.25, -0.2) is 9.50 Å². The number of rotatable bonds is 6. The third-order valence-electron chi connectivity index (χ3n) is 3.42. The molecule has 0 aliphatic rings. The maximum atomic E-state index is 12.2. The van der Waals surface area contributed by atoms with E-state index in [1.807, 2.05) is 12.1 Å². The summed E-state index contributed by atoms with van der Waals surface area (Å²) >= 11 is 7.27. The van der Waals surface area contributed by atoms with Gasteiger partial charge < -0.3 is 15.5 Å². The Morgan fingerprint density at radius 2 is 2.00 bits per heavy atom. The first-order valence-electron chi connectivity index (χ1n) is 7.38. The lowest BCUT2D eigenvalue weighted by Gasteiger charge is -2.10. The number of benzene rings is 1. The summed E-state index contributed by atoms with van der Waals surface area (Å²) in [5.41, 5.74) is 1.04. The number of amides is 1. The summed E-state index contributed by atoms with van der Waals surface area (Å²) in [5, 5.41) is 26.4. The molecule has 1 aromatic carbocycles. The van der Waals surface area contributed by atoms with Crippen molar-refractivity contribution >= 4 is 40.9 Å². The zero-order valence-corrected chi connectivity index (χ0v) is 14.8. The highest BCUT2D eigenvalue weighted by Crippen LogP contribution is 2.30. The average molecular weight is 393 g/mol. The molecule has 2 heterocycles. The molecule has 8 nitrogen and oxygen atoms in total. The van der Waals surface area contributed by atoms with E-state index in [1.165, 1.54) is 28.7 Å². The number of hydrogen-bond acceptors (Lipinski definition) is 6. The predicted molar refractivity (Wildman–Crippen MR) is 95.6 cm³/mol. The molecule has 0 bridgehead atoms. The summed E-state index contributed by atoms with van der Waals surface area (Å²) < 4.78 is 1.43. The van der Waals surface area contributed by atoms with Crippen LogP contribution in [0, 0.1) is 0 Å². The number of pyridine rings is 1. The molecule has 0 atom stereocenters. The zero-order chi connectivity index (χ0) is 18.7. The molecule has 0 saturated carbocycles. The van der Waals surface area contributed by atoms with Gasteiger partial charge in [-0.3, -0.25) is 9.59 Å². The number of carboxylic acids is 1. The molecule has 1 amide bonds. The van der Waals surface area contributed by atoms with Crippen molar-refractivity contribution in [3.05, 3.63) is 52.8 Å². The molecule has 2 aromatic heterocycles. The van der Waals surface area contributed by atoms with Crippen LogP contribution in [0.3, 0.4) is 0 Å². The van der Waals surface area contributed by atoms with Crippen LogP contribution in [0.4, 0.5) is 0 Å². The molecule has 26 heavy (non-hydrogen) atoms. The first-order valence-corrected chi connectivity index (χ1v) is 8.75. The minimum absolute atomic E-state index is 0.125. The second-order valence-corrected chi connectivity index (χ2v) is 6.66. The van der Waals surface area contributed by atoms with Gasteiger partial charge in [0, 0.05) is 16.8 Å². The van der Waals surface area contributed by atoms with Gasteiger partial charge in [0.15, 0.2) is 5.65 Å². The van der Waals surface area contributed by atoms with Gasteiger partial charge in [0.1, 0.15) is 29.2 Å². The second kappa shape index (κ2) is 7.63. The van der Waals surface area contributed by atoms with Crippen LogP contribution in [0.1, 0.15) is 15.9 Å². The summed E-state index contributed by atoms with van der Waals surface area (Å²) in [7, 11) is 0. The van der Waals surface area contributed by atoms with Crippen molar-refractivity contribution in [1.29, 1.82) is 0 Å². The molecule has 0 spiro atoms. The number of hydrogen-bond donors (Lipinski definition) is 3. The van der Waals surface area contributed by atoms with E-state index < -0.39 is 18.4 Å². The molecule has 3 N–H and O–H groups in total. The number of carboxylic acid groups (broad SMARTS) is 1. The Balaban J connectivity index is 1.87. The number of halogens is 1. The van der Waals surface area contributed by atoms with Crippen molar-refractivity contribution in [3.63, 3.8) is 0 Å². The highest BCUT2D eigenvalue weighted by Gasteiger charge is 2.21. The summed E-state index contributed by atoms with van der Waals surface area (Å²) in [5.74, 6) is -1.63. The molecule has 0 aliphatic heterocycles. The zero-order valence-electron chi connectivity index (χ0n) is 13.2. The molecule has 0 unspecified atom stereocenters. The maximum absolute atomic E-state index is 12.2. The molecule has 0 saturated heterocycles. The Labute approximate surface area is 156 Å². The Morgan fingerprint density at radius 3 is 2.69 bits per heavy atom. The van der Waals surface area contributed by atoms with E-state index in [9.17, 15) is 14.7 Å². The molecule has 10 heteroatoms. The lowest BCUT2D eigenvalue weighted by Crippen LogP contribution is -2.29. The molecule has 0 radical (unpaired) electrons. The number of aromatic hydroxyl groups is 1. The van der Waals surface area contributed by atoms with Crippen LogP contribution in [0.25, 0.3) is 5.65 Å². The van der Waals surface area contributed by atoms with Crippen molar-refractivity contribution in [2.45, 2.75) is 10.8 Å². The van der Waals surface area contributed by atoms with Crippen molar-refractivity contribution in [3.8, 4) is 5.75 Å². The normalized spacial score (nSPS) is 10.8. The van der Waals surface area contributed by atoms with E-state index in [0.717, 1.165) is 5.56 Å². The smallest absolute Gasteiger partial charge is 0.322 e. The van der Waals surface area contributed by atoms with Gasteiger partial charge in [-0.2, -0.15) is 5.10 Å². The van der Waals surface area contributed by atoms with Crippen molar-refractivity contribution < 1.29 is 19.8 Å². The second-order valence-electron chi connectivity index (χ2n) is 5.23. The molecular weight excluding hydrogens is 380 g/mol. The Bertz CT molecular complexity index is 974. The van der Waals surface area contributed by atoms with E-state index in [2.05, 4.69) is 15.4 Å². The summed E-state index contributed by atoms with van der Waals surface area (Å²) in [6, 6.07) is 8.76. The SMILES string of the molecule is O=C(O)CNC(=O)c1c(O)cc(SCc2ccc(Cl)cc2)n2ncnc12. The van der Waals surface area contributed by atoms with Gasteiger partial charge in [0.05, 0.1) is 0 Å². The van der Waals surface area contributed by atoms with E-state index in [-0.39, 0.29) is 17.0 Å². The van der Waals surface area contributed by atoms with Crippen LogP contribution in [0.15, 0.2) is 41.7 Å². The molecule has 134 valence electrons. The number of carbonyl (C=O) groups is 2. The van der Waals surface area contributed by atoms with Crippen LogP contribution < -0.4 is 5.32 Å². The summed E-state index contributed by atoms with van der Waals surface area (Å²) in [6.45, 7) is -0.564. The summed E-state index contributed by atoms with van der Waals surface area (Å²) in [6.07, 6.45) is 1.26. The third-order valence-corrected chi connectivity index (χ3v) is 4.74. The van der Waals surface area contributed by atoms with Crippen LogP contribution in [0.2, 0.25) is 5.02 Å². The fourth-order valence-corrected chi connectivity index (χ4v) is 3.32. The number of fused-ring (bicyclic) bond motifs is 1. The first kappa shape index (κ1) is 18.0. The van der Waals surface area contributed by atoms with E-state index in [0.29, 0.717) is 15.8 Å². The molecule has 0 fully saturated rings. The third kappa shape index (κ3) is 3.89. The van der Waals surface area contributed by atoms with Gasteiger partial charge in [0.25, 0.3) is 5.91 Å².